The summed E-state index contributed by atoms with van der Waals surface area (Å²) in [5.74, 6) is 0.786. The summed E-state index contributed by atoms with van der Waals surface area (Å²) < 4.78 is 6.20. The molecule has 4 heteroatoms. The van der Waals surface area contributed by atoms with Crippen LogP contribution in [0.1, 0.15) is 5.69 Å². The van der Waals surface area contributed by atoms with Gasteiger partial charge in [-0.25, -0.2) is 0 Å². The number of fused-ring (bicyclic) bond motifs is 1. The molecule has 0 atom stereocenters. The summed E-state index contributed by atoms with van der Waals surface area (Å²) >= 11 is 7.58. The molecule has 0 N–H and O–H groups in total. The summed E-state index contributed by atoms with van der Waals surface area (Å²) in [6.07, 6.45) is 0.840. The van der Waals surface area contributed by atoms with Gasteiger partial charge in [0.1, 0.15) is 0 Å². The zero-order valence-corrected chi connectivity index (χ0v) is 9.31. The lowest BCUT2D eigenvalue weighted by atomic mass is 10.2. The van der Waals surface area contributed by atoms with Crippen LogP contribution in [0.15, 0.2) is 27.2 Å². The summed E-state index contributed by atoms with van der Waals surface area (Å²) in [6, 6.07) is 5.87. The quantitative estimate of drug-likeness (QED) is 0.838. The van der Waals surface area contributed by atoms with Crippen LogP contribution in [-0.4, -0.2) is 10.9 Å². The van der Waals surface area contributed by atoms with Crippen LogP contribution in [0.3, 0.4) is 0 Å². The van der Waals surface area contributed by atoms with E-state index in [1.165, 1.54) is 0 Å². The Hall–Kier alpha value is -0.480. The van der Waals surface area contributed by atoms with Crippen LogP contribution in [0.25, 0.3) is 11.0 Å². The minimum atomic E-state index is 0.786. The van der Waals surface area contributed by atoms with E-state index >= 15 is 0 Å². The Kier molecular flexibility index (Phi) is 2.60. The lowest BCUT2D eigenvalue weighted by Crippen LogP contribution is -1.85. The van der Waals surface area contributed by atoms with E-state index in [1.807, 2.05) is 18.2 Å². The standard InChI is InChI=1S/C9H8BrNOS/c10-6-1-2-9-7(5-6)8(3-4-13)11-12-9/h1-2,5,13H,3-4H2. The van der Waals surface area contributed by atoms with Crippen LogP contribution in [-0.2, 0) is 6.42 Å². The van der Waals surface area contributed by atoms with Crippen molar-refractivity contribution in [2.75, 3.05) is 5.75 Å². The molecule has 2 aromatic rings. The number of hydrogen-bond donors (Lipinski definition) is 1. The molecular weight excluding hydrogens is 250 g/mol. The summed E-state index contributed by atoms with van der Waals surface area (Å²) in [4.78, 5) is 0. The van der Waals surface area contributed by atoms with Crippen molar-refractivity contribution in [1.82, 2.24) is 5.16 Å². The molecule has 2 nitrogen and oxygen atoms in total. The Balaban J connectivity index is 2.58. The Morgan fingerprint density at radius 3 is 3.08 bits per heavy atom. The minimum Gasteiger partial charge on any atom is -0.356 e. The van der Waals surface area contributed by atoms with Gasteiger partial charge in [-0.15, -0.1) is 0 Å². The van der Waals surface area contributed by atoms with Crippen molar-refractivity contribution in [3.05, 3.63) is 28.4 Å². The van der Waals surface area contributed by atoms with Crippen LogP contribution >= 0.6 is 28.6 Å². The van der Waals surface area contributed by atoms with Gasteiger partial charge in [-0.3, -0.25) is 0 Å². The van der Waals surface area contributed by atoms with Gasteiger partial charge >= 0.3 is 0 Å². The van der Waals surface area contributed by atoms with E-state index in [2.05, 4.69) is 33.7 Å². The first kappa shape index (κ1) is 9.09. The highest BCUT2D eigenvalue weighted by atomic mass is 79.9. The number of aromatic nitrogens is 1. The van der Waals surface area contributed by atoms with Crippen molar-refractivity contribution >= 4 is 39.5 Å². The smallest absolute Gasteiger partial charge is 0.167 e. The number of nitrogens with zero attached hydrogens (tertiary/aromatic N) is 1. The molecule has 0 aliphatic heterocycles. The van der Waals surface area contributed by atoms with E-state index in [0.29, 0.717) is 0 Å². The summed E-state index contributed by atoms with van der Waals surface area (Å²) in [6.45, 7) is 0. The summed E-state index contributed by atoms with van der Waals surface area (Å²) in [5, 5.41) is 5.05. The van der Waals surface area contributed by atoms with Crippen LogP contribution < -0.4 is 0 Å². The second kappa shape index (κ2) is 3.72. The number of halogens is 1. The lowest BCUT2D eigenvalue weighted by Gasteiger charge is -1.91. The Bertz CT molecular complexity index is 426. The average Bonchev–Trinajstić information content (AvgIpc) is 2.49. The Labute approximate surface area is 89.8 Å². The van der Waals surface area contributed by atoms with Crippen molar-refractivity contribution < 1.29 is 4.52 Å². The van der Waals surface area contributed by atoms with Gasteiger partial charge in [0.25, 0.3) is 0 Å². The molecule has 1 aromatic carbocycles. The molecule has 1 aromatic heterocycles. The zero-order chi connectivity index (χ0) is 9.26. The molecule has 0 fully saturated rings. The molecule has 13 heavy (non-hydrogen) atoms. The highest BCUT2D eigenvalue weighted by Crippen LogP contribution is 2.23. The number of rotatable bonds is 2. The third kappa shape index (κ3) is 1.74. The molecule has 0 saturated heterocycles. The molecule has 0 amide bonds. The predicted octanol–water partition coefficient (Wildman–Crippen LogP) is 3.06. The van der Waals surface area contributed by atoms with Gasteiger partial charge in [-0.05, 0) is 24.0 Å². The normalized spacial score (nSPS) is 10.9. The van der Waals surface area contributed by atoms with Crippen molar-refractivity contribution in [2.24, 2.45) is 0 Å². The number of benzene rings is 1. The average molecular weight is 258 g/mol. The monoisotopic (exact) mass is 257 g/mol. The first-order valence-corrected chi connectivity index (χ1v) is 5.38. The molecule has 0 unspecified atom stereocenters. The second-order valence-corrected chi connectivity index (χ2v) is 4.11. The molecule has 68 valence electrons. The van der Waals surface area contributed by atoms with Gasteiger partial charge in [-0.2, -0.15) is 12.6 Å². The number of thiol groups is 1. The second-order valence-electron chi connectivity index (χ2n) is 2.74. The molecule has 0 aliphatic rings. The maximum absolute atomic E-state index is 5.15. The largest absolute Gasteiger partial charge is 0.356 e. The SMILES string of the molecule is SCCc1noc2ccc(Br)cc12. The fourth-order valence-corrected chi connectivity index (χ4v) is 1.82. The molecule has 0 spiro atoms. The van der Waals surface area contributed by atoms with Crippen molar-refractivity contribution in [1.29, 1.82) is 0 Å². The molecule has 0 bridgehead atoms. The van der Waals surface area contributed by atoms with Crippen molar-refractivity contribution in [3.63, 3.8) is 0 Å². The van der Waals surface area contributed by atoms with E-state index in [4.69, 9.17) is 4.52 Å². The fourth-order valence-electron chi connectivity index (χ4n) is 1.25. The molecule has 0 radical (unpaired) electrons. The topological polar surface area (TPSA) is 26.0 Å². The zero-order valence-electron chi connectivity index (χ0n) is 6.83. The maximum Gasteiger partial charge on any atom is 0.167 e. The Morgan fingerprint density at radius 2 is 2.31 bits per heavy atom. The van der Waals surface area contributed by atoms with Crippen LogP contribution in [0.5, 0.6) is 0 Å². The predicted molar refractivity (Wildman–Crippen MR) is 59.3 cm³/mol. The number of aryl methyl sites for hydroxylation is 1. The third-order valence-electron chi connectivity index (χ3n) is 1.86. The van der Waals surface area contributed by atoms with Crippen LogP contribution in [0.4, 0.5) is 0 Å². The minimum absolute atomic E-state index is 0.786. The van der Waals surface area contributed by atoms with Crippen molar-refractivity contribution in [3.8, 4) is 0 Å². The fraction of sp³-hybridized carbons (Fsp3) is 0.222. The van der Waals surface area contributed by atoms with E-state index in [0.717, 1.165) is 33.3 Å². The van der Waals surface area contributed by atoms with Gasteiger partial charge in [-0.1, -0.05) is 21.1 Å². The third-order valence-corrected chi connectivity index (χ3v) is 2.57. The van der Waals surface area contributed by atoms with Crippen LogP contribution in [0, 0.1) is 0 Å². The highest BCUT2D eigenvalue weighted by molar-refractivity contribution is 9.10. The van der Waals surface area contributed by atoms with Gasteiger partial charge in [0.05, 0.1) is 5.69 Å². The van der Waals surface area contributed by atoms with Gasteiger partial charge in [0.2, 0.25) is 0 Å². The maximum atomic E-state index is 5.15. The van der Waals surface area contributed by atoms with Gasteiger partial charge in [0, 0.05) is 16.3 Å². The first-order valence-electron chi connectivity index (χ1n) is 3.96. The van der Waals surface area contributed by atoms with E-state index in [9.17, 15) is 0 Å². The highest BCUT2D eigenvalue weighted by Gasteiger charge is 2.06. The van der Waals surface area contributed by atoms with E-state index in [-0.39, 0.29) is 0 Å². The van der Waals surface area contributed by atoms with Crippen LogP contribution in [0.2, 0.25) is 0 Å². The molecule has 0 aliphatic carbocycles. The summed E-state index contributed by atoms with van der Waals surface area (Å²) in [5.41, 5.74) is 1.81. The number of hydrogen-bond acceptors (Lipinski definition) is 3. The molecule has 2 rings (SSSR count). The first-order chi connectivity index (χ1) is 6.31. The van der Waals surface area contributed by atoms with Crippen molar-refractivity contribution in [2.45, 2.75) is 6.42 Å². The lowest BCUT2D eigenvalue weighted by molar-refractivity contribution is 0.447. The van der Waals surface area contributed by atoms with E-state index in [1.54, 1.807) is 0 Å². The van der Waals surface area contributed by atoms with Gasteiger partial charge < -0.3 is 4.52 Å². The van der Waals surface area contributed by atoms with E-state index < -0.39 is 0 Å². The van der Waals surface area contributed by atoms with Gasteiger partial charge in [0.15, 0.2) is 5.58 Å². The molecule has 1 heterocycles. The summed E-state index contributed by atoms with van der Waals surface area (Å²) in [7, 11) is 0. The molecular formula is C9H8BrNOS. The molecule has 0 saturated carbocycles. The Morgan fingerprint density at radius 1 is 1.46 bits per heavy atom.